The van der Waals surface area contributed by atoms with Gasteiger partial charge in [0.1, 0.15) is 0 Å². The number of carbonyl (C=O) groups is 1. The van der Waals surface area contributed by atoms with Crippen molar-refractivity contribution in [2.75, 3.05) is 13.1 Å². The van der Waals surface area contributed by atoms with Crippen LogP contribution in [0, 0.1) is 11.8 Å². The van der Waals surface area contributed by atoms with Crippen molar-refractivity contribution in [2.24, 2.45) is 11.8 Å². The largest absolute Gasteiger partial charge is 0.342 e. The number of amides is 1. The molecule has 0 N–H and O–H groups in total. The van der Waals surface area contributed by atoms with E-state index in [0.717, 1.165) is 19.5 Å². The van der Waals surface area contributed by atoms with Crippen molar-refractivity contribution in [3.05, 3.63) is 24.3 Å². The highest BCUT2D eigenvalue weighted by Gasteiger charge is 2.30. The predicted molar refractivity (Wildman–Crippen MR) is 52.1 cm³/mol. The first kappa shape index (κ1) is 8.54. The molecule has 0 aromatic carbocycles. The van der Waals surface area contributed by atoms with E-state index in [4.69, 9.17) is 0 Å². The minimum absolute atomic E-state index is 0.204. The van der Waals surface area contributed by atoms with E-state index in [2.05, 4.69) is 24.3 Å². The fraction of sp³-hybridized carbons (Fsp3) is 0.545. The maximum atomic E-state index is 11.2. The van der Waals surface area contributed by atoms with E-state index in [1.165, 1.54) is 0 Å². The van der Waals surface area contributed by atoms with Crippen molar-refractivity contribution in [2.45, 2.75) is 13.3 Å². The van der Waals surface area contributed by atoms with Crippen LogP contribution in [0.2, 0.25) is 0 Å². The Morgan fingerprint density at radius 1 is 1.23 bits per heavy atom. The van der Waals surface area contributed by atoms with E-state index in [9.17, 15) is 4.79 Å². The van der Waals surface area contributed by atoms with Crippen molar-refractivity contribution < 1.29 is 4.79 Å². The third-order valence-electron chi connectivity index (χ3n) is 2.90. The molecule has 70 valence electrons. The molecule has 0 aromatic rings. The normalized spacial score (nSPS) is 31.6. The van der Waals surface area contributed by atoms with Gasteiger partial charge in [-0.3, -0.25) is 4.79 Å². The number of carbonyl (C=O) groups excluding carboxylic acids is 1. The van der Waals surface area contributed by atoms with E-state index in [1.54, 1.807) is 6.92 Å². The van der Waals surface area contributed by atoms with Crippen LogP contribution in [0.3, 0.4) is 0 Å². The SMILES string of the molecule is CC(=O)N1CC2C=CCC=CC2C1. The summed E-state index contributed by atoms with van der Waals surface area (Å²) in [5.74, 6) is 1.32. The molecule has 0 bridgehead atoms. The number of hydrogen-bond acceptors (Lipinski definition) is 1. The zero-order valence-electron chi connectivity index (χ0n) is 7.94. The van der Waals surface area contributed by atoms with Crippen LogP contribution in [0.15, 0.2) is 24.3 Å². The molecule has 1 heterocycles. The first-order chi connectivity index (χ1) is 6.27. The summed E-state index contributed by atoms with van der Waals surface area (Å²) in [5.41, 5.74) is 0. The molecule has 2 aliphatic rings. The summed E-state index contributed by atoms with van der Waals surface area (Å²) in [6, 6.07) is 0. The zero-order valence-corrected chi connectivity index (χ0v) is 7.94. The van der Waals surface area contributed by atoms with Gasteiger partial charge in [0, 0.05) is 31.8 Å². The van der Waals surface area contributed by atoms with E-state index in [1.807, 2.05) is 4.90 Å². The predicted octanol–water partition coefficient (Wildman–Crippen LogP) is 1.60. The Labute approximate surface area is 78.9 Å². The van der Waals surface area contributed by atoms with Crippen LogP contribution in [0.4, 0.5) is 0 Å². The Kier molecular flexibility index (Phi) is 2.21. The average Bonchev–Trinajstić information content (AvgIpc) is 2.38. The van der Waals surface area contributed by atoms with Gasteiger partial charge in [-0.15, -0.1) is 0 Å². The Balaban J connectivity index is 2.11. The van der Waals surface area contributed by atoms with Crippen molar-refractivity contribution >= 4 is 5.91 Å². The van der Waals surface area contributed by atoms with E-state index >= 15 is 0 Å². The molecular weight excluding hydrogens is 162 g/mol. The Hall–Kier alpha value is -1.05. The number of hydrogen-bond donors (Lipinski definition) is 0. The molecule has 13 heavy (non-hydrogen) atoms. The summed E-state index contributed by atoms with van der Waals surface area (Å²) in [4.78, 5) is 13.1. The molecule has 1 aliphatic carbocycles. The second kappa shape index (κ2) is 3.36. The van der Waals surface area contributed by atoms with Crippen LogP contribution < -0.4 is 0 Å². The fourth-order valence-corrected chi connectivity index (χ4v) is 2.10. The summed E-state index contributed by atoms with van der Waals surface area (Å²) in [6.07, 6.45) is 9.96. The number of rotatable bonds is 0. The van der Waals surface area contributed by atoms with Crippen LogP contribution in [-0.2, 0) is 4.79 Å². The van der Waals surface area contributed by atoms with Gasteiger partial charge in [-0.1, -0.05) is 24.3 Å². The van der Waals surface area contributed by atoms with Crippen LogP contribution >= 0.6 is 0 Å². The van der Waals surface area contributed by atoms with Gasteiger partial charge in [0.05, 0.1) is 0 Å². The quantitative estimate of drug-likeness (QED) is 0.515. The molecule has 0 aromatic heterocycles. The lowest BCUT2D eigenvalue weighted by atomic mass is 9.97. The van der Waals surface area contributed by atoms with Gasteiger partial charge >= 0.3 is 0 Å². The number of likely N-dealkylation sites (tertiary alicyclic amines) is 1. The first-order valence-electron chi connectivity index (χ1n) is 4.86. The van der Waals surface area contributed by atoms with Crippen LogP contribution in [0.1, 0.15) is 13.3 Å². The monoisotopic (exact) mass is 177 g/mol. The second-order valence-electron chi connectivity index (χ2n) is 3.84. The summed E-state index contributed by atoms with van der Waals surface area (Å²) >= 11 is 0. The van der Waals surface area contributed by atoms with Crippen molar-refractivity contribution in [1.82, 2.24) is 4.90 Å². The van der Waals surface area contributed by atoms with E-state index < -0.39 is 0 Å². The fourth-order valence-electron chi connectivity index (χ4n) is 2.10. The molecule has 1 fully saturated rings. The molecule has 2 nitrogen and oxygen atoms in total. The summed E-state index contributed by atoms with van der Waals surface area (Å²) < 4.78 is 0. The molecule has 2 heteroatoms. The summed E-state index contributed by atoms with van der Waals surface area (Å²) in [6.45, 7) is 3.46. The molecular formula is C11H15NO. The third-order valence-corrected chi connectivity index (χ3v) is 2.90. The van der Waals surface area contributed by atoms with Crippen molar-refractivity contribution in [3.8, 4) is 0 Å². The van der Waals surface area contributed by atoms with E-state index in [-0.39, 0.29) is 5.91 Å². The van der Waals surface area contributed by atoms with Crippen molar-refractivity contribution in [1.29, 1.82) is 0 Å². The first-order valence-corrected chi connectivity index (χ1v) is 4.86. The van der Waals surface area contributed by atoms with Gasteiger partial charge < -0.3 is 4.90 Å². The lowest BCUT2D eigenvalue weighted by Gasteiger charge is -2.12. The third kappa shape index (κ3) is 1.67. The molecule has 2 rings (SSSR count). The Bertz CT molecular complexity index is 247. The number of nitrogens with zero attached hydrogens (tertiary/aromatic N) is 1. The minimum Gasteiger partial charge on any atom is -0.342 e. The van der Waals surface area contributed by atoms with E-state index in [0.29, 0.717) is 11.8 Å². The molecule has 2 unspecified atom stereocenters. The average molecular weight is 177 g/mol. The van der Waals surface area contributed by atoms with Gasteiger partial charge in [0.2, 0.25) is 5.91 Å². The number of fused-ring (bicyclic) bond motifs is 1. The summed E-state index contributed by atoms with van der Waals surface area (Å²) in [5, 5.41) is 0. The summed E-state index contributed by atoms with van der Waals surface area (Å²) in [7, 11) is 0. The Morgan fingerprint density at radius 3 is 2.23 bits per heavy atom. The van der Waals surface area contributed by atoms with Gasteiger partial charge in [0.25, 0.3) is 0 Å². The molecule has 1 aliphatic heterocycles. The maximum Gasteiger partial charge on any atom is 0.219 e. The zero-order chi connectivity index (χ0) is 9.26. The molecule has 1 amide bonds. The topological polar surface area (TPSA) is 20.3 Å². The lowest BCUT2D eigenvalue weighted by molar-refractivity contribution is -0.127. The van der Waals surface area contributed by atoms with Gasteiger partial charge in [0.15, 0.2) is 0 Å². The lowest BCUT2D eigenvalue weighted by Crippen LogP contribution is -2.25. The molecule has 2 atom stereocenters. The maximum absolute atomic E-state index is 11.2. The highest BCUT2D eigenvalue weighted by atomic mass is 16.2. The minimum atomic E-state index is 0.204. The molecule has 0 saturated carbocycles. The van der Waals surface area contributed by atoms with Crippen LogP contribution in [0.25, 0.3) is 0 Å². The smallest absolute Gasteiger partial charge is 0.219 e. The highest BCUT2D eigenvalue weighted by Crippen LogP contribution is 2.27. The highest BCUT2D eigenvalue weighted by molar-refractivity contribution is 5.73. The van der Waals surface area contributed by atoms with Crippen LogP contribution in [-0.4, -0.2) is 23.9 Å². The van der Waals surface area contributed by atoms with Crippen LogP contribution in [0.5, 0.6) is 0 Å². The molecule has 1 saturated heterocycles. The second-order valence-corrected chi connectivity index (χ2v) is 3.84. The standard InChI is InChI=1S/C11H15NO/c1-9(13)12-7-10-5-3-2-4-6-11(10)8-12/h3-6,10-11H,2,7-8H2,1H3. The molecule has 0 radical (unpaired) electrons. The molecule has 0 spiro atoms. The van der Waals surface area contributed by atoms with Gasteiger partial charge in [-0.05, 0) is 6.42 Å². The Morgan fingerprint density at radius 2 is 1.77 bits per heavy atom. The van der Waals surface area contributed by atoms with Crippen molar-refractivity contribution in [3.63, 3.8) is 0 Å². The number of allylic oxidation sites excluding steroid dienone is 2. The van der Waals surface area contributed by atoms with Gasteiger partial charge in [-0.25, -0.2) is 0 Å². The van der Waals surface area contributed by atoms with Gasteiger partial charge in [-0.2, -0.15) is 0 Å².